The van der Waals surface area contributed by atoms with Gasteiger partial charge in [0.05, 0.1) is 12.6 Å². The molecule has 2 heterocycles. The molecule has 1 saturated heterocycles. The van der Waals surface area contributed by atoms with Crippen molar-refractivity contribution in [3.05, 3.63) is 47.3 Å². The van der Waals surface area contributed by atoms with E-state index < -0.39 is 0 Å². The van der Waals surface area contributed by atoms with Gasteiger partial charge in [-0.2, -0.15) is 0 Å². The number of likely N-dealkylation sites (tertiary alicyclic amines) is 1. The van der Waals surface area contributed by atoms with E-state index in [4.69, 9.17) is 4.52 Å². The molecule has 1 aliphatic heterocycles. The fourth-order valence-corrected chi connectivity index (χ4v) is 2.98. The van der Waals surface area contributed by atoms with Crippen LogP contribution in [0.5, 0.6) is 0 Å². The number of hydrogen-bond acceptors (Lipinski definition) is 4. The van der Waals surface area contributed by atoms with Gasteiger partial charge < -0.3 is 9.84 Å². The van der Waals surface area contributed by atoms with Gasteiger partial charge >= 0.3 is 0 Å². The zero-order valence-corrected chi connectivity index (χ0v) is 13.0. The van der Waals surface area contributed by atoms with Crippen LogP contribution < -0.4 is 5.32 Å². The molecular formula is C17H21N3O2. The minimum atomic E-state index is 0.0152. The van der Waals surface area contributed by atoms with Crippen LogP contribution in [-0.2, 0) is 4.79 Å². The van der Waals surface area contributed by atoms with Crippen LogP contribution in [0.4, 0.5) is 5.69 Å². The van der Waals surface area contributed by atoms with Gasteiger partial charge in [0.15, 0.2) is 0 Å². The molecule has 1 aliphatic rings. The highest BCUT2D eigenvalue weighted by Crippen LogP contribution is 2.31. The molecular weight excluding hydrogens is 278 g/mol. The summed E-state index contributed by atoms with van der Waals surface area (Å²) in [5.74, 6) is 0.827. The zero-order chi connectivity index (χ0) is 15.5. The molecule has 22 heavy (non-hydrogen) atoms. The molecule has 3 rings (SSSR count). The van der Waals surface area contributed by atoms with Crippen LogP contribution in [-0.4, -0.2) is 29.1 Å². The quantitative estimate of drug-likeness (QED) is 0.942. The average molecular weight is 299 g/mol. The van der Waals surface area contributed by atoms with Crippen LogP contribution >= 0.6 is 0 Å². The largest absolute Gasteiger partial charge is 0.361 e. The van der Waals surface area contributed by atoms with Crippen LogP contribution in [0, 0.1) is 13.8 Å². The second-order valence-corrected chi connectivity index (χ2v) is 5.85. The van der Waals surface area contributed by atoms with Gasteiger partial charge in [0.25, 0.3) is 0 Å². The Balaban J connectivity index is 1.64. The second kappa shape index (κ2) is 6.32. The van der Waals surface area contributed by atoms with Gasteiger partial charge in [-0.1, -0.05) is 23.4 Å². The van der Waals surface area contributed by atoms with E-state index in [-0.39, 0.29) is 11.9 Å². The first kappa shape index (κ1) is 14.8. The third kappa shape index (κ3) is 3.20. The minimum absolute atomic E-state index is 0.0152. The van der Waals surface area contributed by atoms with Crippen LogP contribution in [0.1, 0.15) is 35.9 Å². The predicted octanol–water partition coefficient (Wildman–Crippen LogP) is 3.07. The number of para-hydroxylation sites is 1. The fraction of sp³-hybridized carbons (Fsp3) is 0.412. The van der Waals surface area contributed by atoms with E-state index in [1.54, 1.807) is 0 Å². The Morgan fingerprint density at radius 2 is 2.23 bits per heavy atom. The maximum atomic E-state index is 12.3. The van der Waals surface area contributed by atoms with Crippen LogP contribution in [0.2, 0.25) is 0 Å². The topological polar surface area (TPSA) is 58.4 Å². The van der Waals surface area contributed by atoms with Crippen molar-refractivity contribution >= 4 is 11.6 Å². The molecule has 5 nitrogen and oxygen atoms in total. The lowest BCUT2D eigenvalue weighted by Crippen LogP contribution is -2.33. The predicted molar refractivity (Wildman–Crippen MR) is 84.6 cm³/mol. The third-order valence-corrected chi connectivity index (χ3v) is 4.12. The number of rotatable bonds is 4. The Morgan fingerprint density at radius 3 is 2.95 bits per heavy atom. The molecule has 0 saturated carbocycles. The maximum absolute atomic E-state index is 12.3. The van der Waals surface area contributed by atoms with E-state index in [1.807, 2.05) is 44.2 Å². The Kier molecular flexibility index (Phi) is 4.24. The summed E-state index contributed by atoms with van der Waals surface area (Å²) in [4.78, 5) is 14.5. The van der Waals surface area contributed by atoms with E-state index in [9.17, 15) is 4.79 Å². The van der Waals surface area contributed by atoms with Gasteiger partial charge in [-0.25, -0.2) is 0 Å². The van der Waals surface area contributed by atoms with Crippen molar-refractivity contribution in [1.82, 2.24) is 10.1 Å². The lowest BCUT2D eigenvalue weighted by molar-refractivity contribution is -0.117. The first-order valence-corrected chi connectivity index (χ1v) is 7.66. The number of nitrogens with one attached hydrogen (secondary N) is 1. The SMILES string of the molecule is Cc1cc(C2CCCN2CC(=O)Nc2ccccc2C)no1. The standard InChI is InChI=1S/C17H21N3O2/c1-12-6-3-4-7-14(12)18-17(21)11-20-9-5-8-16(20)15-10-13(2)22-19-15/h3-4,6-7,10,16H,5,8-9,11H2,1-2H3,(H,18,21). The molecule has 1 N–H and O–H groups in total. The van der Waals surface area contributed by atoms with Crippen LogP contribution in [0.25, 0.3) is 0 Å². The zero-order valence-electron chi connectivity index (χ0n) is 13.0. The van der Waals surface area contributed by atoms with Crippen molar-refractivity contribution in [3.63, 3.8) is 0 Å². The average Bonchev–Trinajstić information content (AvgIpc) is 3.10. The van der Waals surface area contributed by atoms with Gasteiger partial charge in [0, 0.05) is 11.8 Å². The van der Waals surface area contributed by atoms with Gasteiger partial charge in [0.1, 0.15) is 11.5 Å². The molecule has 1 atom stereocenters. The summed E-state index contributed by atoms with van der Waals surface area (Å²) in [6, 6.07) is 9.96. The van der Waals surface area contributed by atoms with Gasteiger partial charge in [-0.05, 0) is 44.9 Å². The smallest absolute Gasteiger partial charge is 0.238 e. The number of hydrogen-bond donors (Lipinski definition) is 1. The number of nitrogens with zero attached hydrogens (tertiary/aromatic N) is 2. The van der Waals surface area contributed by atoms with Gasteiger partial charge in [-0.3, -0.25) is 9.69 Å². The molecule has 1 unspecified atom stereocenters. The van der Waals surface area contributed by atoms with Gasteiger partial charge in [0.2, 0.25) is 5.91 Å². The van der Waals surface area contributed by atoms with Crippen molar-refractivity contribution in [3.8, 4) is 0 Å². The fourth-order valence-electron chi connectivity index (χ4n) is 2.98. The number of anilines is 1. The summed E-state index contributed by atoms with van der Waals surface area (Å²) in [6.07, 6.45) is 2.10. The van der Waals surface area contributed by atoms with Crippen molar-refractivity contribution in [2.24, 2.45) is 0 Å². The Hall–Kier alpha value is -2.14. The second-order valence-electron chi connectivity index (χ2n) is 5.85. The van der Waals surface area contributed by atoms with Crippen molar-refractivity contribution in [2.45, 2.75) is 32.7 Å². The number of benzene rings is 1. The monoisotopic (exact) mass is 299 g/mol. The number of aryl methyl sites for hydroxylation is 2. The molecule has 1 aromatic heterocycles. The van der Waals surface area contributed by atoms with Crippen molar-refractivity contribution in [1.29, 1.82) is 0 Å². The normalized spacial score (nSPS) is 18.5. The molecule has 5 heteroatoms. The number of carbonyl (C=O) groups is 1. The van der Waals surface area contributed by atoms with Gasteiger partial charge in [-0.15, -0.1) is 0 Å². The first-order chi connectivity index (χ1) is 10.6. The van der Waals surface area contributed by atoms with E-state index in [1.165, 1.54) is 0 Å². The summed E-state index contributed by atoms with van der Waals surface area (Å²) in [5.41, 5.74) is 2.88. The third-order valence-electron chi connectivity index (χ3n) is 4.12. The molecule has 0 spiro atoms. The molecule has 2 aromatic rings. The summed E-state index contributed by atoms with van der Waals surface area (Å²) in [7, 11) is 0. The number of amides is 1. The highest BCUT2D eigenvalue weighted by Gasteiger charge is 2.29. The lowest BCUT2D eigenvalue weighted by Gasteiger charge is -2.22. The first-order valence-electron chi connectivity index (χ1n) is 7.66. The molecule has 0 aliphatic carbocycles. The Morgan fingerprint density at radius 1 is 1.41 bits per heavy atom. The highest BCUT2D eigenvalue weighted by atomic mass is 16.5. The highest BCUT2D eigenvalue weighted by molar-refractivity contribution is 5.93. The van der Waals surface area contributed by atoms with E-state index >= 15 is 0 Å². The summed E-state index contributed by atoms with van der Waals surface area (Å²) < 4.78 is 5.16. The molecule has 1 fully saturated rings. The summed E-state index contributed by atoms with van der Waals surface area (Å²) >= 11 is 0. The minimum Gasteiger partial charge on any atom is -0.361 e. The summed E-state index contributed by atoms with van der Waals surface area (Å²) in [5, 5.41) is 7.09. The van der Waals surface area contributed by atoms with Crippen molar-refractivity contribution in [2.75, 3.05) is 18.4 Å². The maximum Gasteiger partial charge on any atom is 0.238 e. The molecule has 1 aromatic carbocycles. The van der Waals surface area contributed by atoms with Crippen molar-refractivity contribution < 1.29 is 9.32 Å². The lowest BCUT2D eigenvalue weighted by atomic mass is 10.1. The Bertz CT molecular complexity index is 665. The van der Waals surface area contributed by atoms with E-state index in [0.29, 0.717) is 6.54 Å². The molecule has 0 bridgehead atoms. The van der Waals surface area contributed by atoms with Crippen LogP contribution in [0.3, 0.4) is 0 Å². The molecule has 1 amide bonds. The Labute approximate surface area is 130 Å². The molecule has 116 valence electrons. The van der Waals surface area contributed by atoms with E-state index in [0.717, 1.165) is 42.1 Å². The summed E-state index contributed by atoms with van der Waals surface area (Å²) in [6.45, 7) is 5.18. The van der Waals surface area contributed by atoms with Crippen LogP contribution in [0.15, 0.2) is 34.9 Å². The van der Waals surface area contributed by atoms with E-state index in [2.05, 4.69) is 15.4 Å². The number of carbonyl (C=O) groups excluding carboxylic acids is 1. The number of aromatic nitrogens is 1. The molecule has 0 radical (unpaired) electrons.